The van der Waals surface area contributed by atoms with E-state index in [-0.39, 0.29) is 16.6 Å². The Bertz CT molecular complexity index is 453. The Morgan fingerprint density at radius 1 is 1.47 bits per heavy atom. The molecule has 5 nitrogen and oxygen atoms in total. The van der Waals surface area contributed by atoms with Crippen LogP contribution >= 0.6 is 11.8 Å². The van der Waals surface area contributed by atoms with Gasteiger partial charge in [0.2, 0.25) is 5.89 Å². The molecule has 1 heterocycles. The van der Waals surface area contributed by atoms with Crippen molar-refractivity contribution in [2.24, 2.45) is 5.92 Å². The molecule has 2 rings (SSSR count). The van der Waals surface area contributed by atoms with Crippen molar-refractivity contribution in [1.82, 2.24) is 10.1 Å². The first-order valence-electron chi connectivity index (χ1n) is 6.56. The maximum atomic E-state index is 11.2. The van der Waals surface area contributed by atoms with Gasteiger partial charge in [-0.15, -0.1) is 11.8 Å². The van der Waals surface area contributed by atoms with Gasteiger partial charge in [0.25, 0.3) is 0 Å². The Balaban J connectivity index is 2.02. The van der Waals surface area contributed by atoms with E-state index in [2.05, 4.69) is 30.9 Å². The van der Waals surface area contributed by atoms with Crippen LogP contribution in [0.4, 0.5) is 0 Å². The molecule has 0 amide bonds. The van der Waals surface area contributed by atoms with Gasteiger partial charge in [-0.1, -0.05) is 32.3 Å². The number of carbonyl (C=O) groups is 1. The first-order chi connectivity index (χ1) is 8.87. The monoisotopic (exact) mass is 284 g/mol. The lowest BCUT2D eigenvalue weighted by Gasteiger charge is -2.15. The minimum atomic E-state index is -0.758. The van der Waals surface area contributed by atoms with Crippen LogP contribution in [-0.4, -0.2) is 26.0 Å². The SMILES string of the molecule is CC(C)(C)SCc1noc(C2CCCC2C(=O)O)n1. The summed E-state index contributed by atoms with van der Waals surface area (Å²) in [5.74, 6) is 0.603. The molecule has 0 bridgehead atoms. The molecule has 19 heavy (non-hydrogen) atoms. The number of hydrogen-bond donors (Lipinski definition) is 1. The highest BCUT2D eigenvalue weighted by atomic mass is 32.2. The second-order valence-electron chi connectivity index (χ2n) is 5.93. The van der Waals surface area contributed by atoms with Crippen molar-refractivity contribution in [3.8, 4) is 0 Å². The second kappa shape index (κ2) is 5.53. The van der Waals surface area contributed by atoms with Crippen molar-refractivity contribution in [2.45, 2.75) is 56.5 Å². The van der Waals surface area contributed by atoms with Gasteiger partial charge >= 0.3 is 5.97 Å². The maximum Gasteiger partial charge on any atom is 0.307 e. The van der Waals surface area contributed by atoms with E-state index in [1.54, 1.807) is 11.8 Å². The zero-order valence-electron chi connectivity index (χ0n) is 11.5. The summed E-state index contributed by atoms with van der Waals surface area (Å²) < 4.78 is 5.41. The average Bonchev–Trinajstić information content (AvgIpc) is 2.94. The Hall–Kier alpha value is -1.04. The molecule has 1 N–H and O–H groups in total. The zero-order valence-corrected chi connectivity index (χ0v) is 12.4. The number of aromatic nitrogens is 2. The van der Waals surface area contributed by atoms with Gasteiger partial charge in [-0.25, -0.2) is 0 Å². The van der Waals surface area contributed by atoms with Gasteiger partial charge in [-0.3, -0.25) is 4.79 Å². The standard InChI is InChI=1S/C13H20N2O3S/c1-13(2,3)19-7-10-14-11(18-15-10)8-5-4-6-9(8)12(16)17/h8-9H,4-7H2,1-3H3,(H,16,17). The summed E-state index contributed by atoms with van der Waals surface area (Å²) in [7, 11) is 0. The molecular weight excluding hydrogens is 264 g/mol. The van der Waals surface area contributed by atoms with Gasteiger partial charge in [-0.05, 0) is 12.8 Å². The lowest BCUT2D eigenvalue weighted by molar-refractivity contribution is -0.142. The Morgan fingerprint density at radius 2 is 2.21 bits per heavy atom. The smallest absolute Gasteiger partial charge is 0.307 e. The van der Waals surface area contributed by atoms with Gasteiger partial charge in [0.15, 0.2) is 5.82 Å². The Kier molecular flexibility index (Phi) is 4.18. The van der Waals surface area contributed by atoms with Crippen LogP contribution in [0.2, 0.25) is 0 Å². The Labute approximate surface area is 117 Å². The summed E-state index contributed by atoms with van der Waals surface area (Å²) in [5, 5.41) is 13.1. The van der Waals surface area contributed by atoms with Crippen LogP contribution in [0.5, 0.6) is 0 Å². The summed E-state index contributed by atoms with van der Waals surface area (Å²) in [5.41, 5.74) is 0. The highest BCUT2D eigenvalue weighted by molar-refractivity contribution is 7.99. The van der Waals surface area contributed by atoms with Gasteiger partial charge in [0.1, 0.15) is 0 Å². The van der Waals surface area contributed by atoms with Crippen LogP contribution in [0.25, 0.3) is 0 Å². The van der Waals surface area contributed by atoms with Crippen molar-refractivity contribution in [3.63, 3.8) is 0 Å². The second-order valence-corrected chi connectivity index (χ2v) is 7.73. The predicted molar refractivity (Wildman–Crippen MR) is 73.1 cm³/mol. The molecule has 0 spiro atoms. The molecule has 106 valence electrons. The Morgan fingerprint density at radius 3 is 2.84 bits per heavy atom. The molecule has 0 saturated heterocycles. The number of nitrogens with zero attached hydrogens (tertiary/aromatic N) is 2. The summed E-state index contributed by atoms with van der Waals surface area (Å²) >= 11 is 1.75. The van der Waals surface area contributed by atoms with E-state index in [1.165, 1.54) is 0 Å². The summed E-state index contributed by atoms with van der Waals surface area (Å²) in [6.45, 7) is 6.41. The molecule has 0 aliphatic heterocycles. The fraction of sp³-hybridized carbons (Fsp3) is 0.769. The first kappa shape index (κ1) is 14.4. The van der Waals surface area contributed by atoms with E-state index < -0.39 is 5.97 Å². The third kappa shape index (κ3) is 3.72. The lowest BCUT2D eigenvalue weighted by atomic mass is 9.96. The molecule has 1 aromatic rings. The minimum absolute atomic E-state index is 0.113. The molecule has 0 aromatic carbocycles. The van der Waals surface area contributed by atoms with Crippen LogP contribution in [0.15, 0.2) is 4.52 Å². The fourth-order valence-corrected chi connectivity index (χ4v) is 2.99. The summed E-state index contributed by atoms with van der Waals surface area (Å²) in [4.78, 5) is 15.5. The van der Waals surface area contributed by atoms with E-state index >= 15 is 0 Å². The number of aliphatic carboxylic acids is 1. The van der Waals surface area contributed by atoms with E-state index in [1.807, 2.05) is 0 Å². The fourth-order valence-electron chi connectivity index (χ4n) is 2.31. The average molecular weight is 284 g/mol. The van der Waals surface area contributed by atoms with Crippen molar-refractivity contribution in [2.75, 3.05) is 0 Å². The minimum Gasteiger partial charge on any atom is -0.481 e. The maximum absolute atomic E-state index is 11.2. The van der Waals surface area contributed by atoms with Crippen molar-refractivity contribution >= 4 is 17.7 Å². The van der Waals surface area contributed by atoms with Crippen LogP contribution in [-0.2, 0) is 10.5 Å². The molecule has 2 atom stereocenters. The number of rotatable bonds is 4. The van der Waals surface area contributed by atoms with E-state index in [0.29, 0.717) is 23.9 Å². The van der Waals surface area contributed by atoms with Gasteiger partial charge in [0, 0.05) is 4.75 Å². The topological polar surface area (TPSA) is 76.2 Å². The van der Waals surface area contributed by atoms with Crippen LogP contribution in [0.3, 0.4) is 0 Å². The van der Waals surface area contributed by atoms with Crippen molar-refractivity contribution in [1.29, 1.82) is 0 Å². The molecule has 6 heteroatoms. The molecule has 0 radical (unpaired) electrons. The molecule has 1 fully saturated rings. The number of thioether (sulfide) groups is 1. The van der Waals surface area contributed by atoms with Crippen molar-refractivity contribution in [3.05, 3.63) is 11.7 Å². The summed E-state index contributed by atoms with van der Waals surface area (Å²) in [6, 6.07) is 0. The van der Waals surface area contributed by atoms with Crippen LogP contribution in [0, 0.1) is 5.92 Å². The van der Waals surface area contributed by atoms with E-state index in [9.17, 15) is 4.79 Å². The van der Waals surface area contributed by atoms with Crippen LogP contribution < -0.4 is 0 Å². The quantitative estimate of drug-likeness (QED) is 0.915. The molecule has 1 aliphatic carbocycles. The summed E-state index contributed by atoms with van der Waals surface area (Å²) in [6.07, 6.45) is 2.44. The van der Waals surface area contributed by atoms with Gasteiger partial charge < -0.3 is 9.63 Å². The predicted octanol–water partition coefficient (Wildman–Crippen LogP) is 3.07. The molecular formula is C13H20N2O3S. The van der Waals surface area contributed by atoms with Gasteiger partial charge in [-0.2, -0.15) is 4.98 Å². The molecule has 1 saturated carbocycles. The van der Waals surface area contributed by atoms with Crippen molar-refractivity contribution < 1.29 is 14.4 Å². The van der Waals surface area contributed by atoms with E-state index in [4.69, 9.17) is 9.63 Å². The number of carboxylic acid groups (broad SMARTS) is 1. The lowest BCUT2D eigenvalue weighted by Crippen LogP contribution is -2.17. The third-order valence-corrected chi connectivity index (χ3v) is 4.54. The molecule has 2 unspecified atom stereocenters. The third-order valence-electron chi connectivity index (χ3n) is 3.27. The highest BCUT2D eigenvalue weighted by Crippen LogP contribution is 2.39. The first-order valence-corrected chi connectivity index (χ1v) is 7.54. The van der Waals surface area contributed by atoms with Crippen LogP contribution in [0.1, 0.15) is 57.7 Å². The highest BCUT2D eigenvalue weighted by Gasteiger charge is 2.37. The zero-order chi connectivity index (χ0) is 14.0. The largest absolute Gasteiger partial charge is 0.481 e. The van der Waals surface area contributed by atoms with Gasteiger partial charge in [0.05, 0.1) is 17.6 Å². The molecule has 1 aliphatic rings. The normalized spacial score (nSPS) is 23.7. The number of hydrogen-bond acceptors (Lipinski definition) is 5. The molecule has 1 aromatic heterocycles. The van der Waals surface area contributed by atoms with E-state index in [0.717, 1.165) is 12.8 Å². The number of carboxylic acids is 1.